The Labute approximate surface area is 120 Å². The summed E-state index contributed by atoms with van der Waals surface area (Å²) >= 11 is 0. The van der Waals surface area contributed by atoms with E-state index in [1.54, 1.807) is 7.11 Å². The van der Waals surface area contributed by atoms with Crippen molar-refractivity contribution >= 4 is 5.69 Å². The van der Waals surface area contributed by atoms with Gasteiger partial charge >= 0.3 is 0 Å². The molecule has 1 N–H and O–H groups in total. The van der Waals surface area contributed by atoms with Gasteiger partial charge in [-0.3, -0.25) is 4.98 Å². The van der Waals surface area contributed by atoms with Crippen LogP contribution in [0.1, 0.15) is 12.8 Å². The summed E-state index contributed by atoms with van der Waals surface area (Å²) in [5.74, 6) is 0.746. The monoisotopic (exact) mass is 268 g/mol. The molecule has 1 aromatic heterocycles. The van der Waals surface area contributed by atoms with Crippen LogP contribution in [0.2, 0.25) is 0 Å². The molecule has 1 heterocycles. The number of methoxy groups -OCH3 is 1. The normalized spacial score (nSPS) is 21.2. The average Bonchev–Trinajstić information content (AvgIpc) is 2.47. The van der Waals surface area contributed by atoms with Gasteiger partial charge in [0.1, 0.15) is 0 Å². The summed E-state index contributed by atoms with van der Waals surface area (Å²) in [7, 11) is 1.80. The quantitative estimate of drug-likeness (QED) is 0.900. The maximum absolute atomic E-state index is 5.30. The second kappa shape index (κ2) is 6.06. The Balaban J connectivity index is 1.54. The Morgan fingerprint density at radius 3 is 2.60 bits per heavy atom. The highest BCUT2D eigenvalue weighted by Crippen LogP contribution is 2.29. The average molecular weight is 268 g/mol. The molecule has 3 heteroatoms. The van der Waals surface area contributed by atoms with Gasteiger partial charge in [0.25, 0.3) is 0 Å². The smallest absolute Gasteiger partial charge is 0.0701 e. The topological polar surface area (TPSA) is 34.1 Å². The minimum absolute atomic E-state index is 0.480. The number of benzene rings is 1. The molecule has 104 valence electrons. The van der Waals surface area contributed by atoms with Crippen LogP contribution in [-0.2, 0) is 4.74 Å². The second-order valence-electron chi connectivity index (χ2n) is 5.37. The van der Waals surface area contributed by atoms with Crippen LogP contribution in [-0.4, -0.2) is 24.7 Å². The number of ether oxygens (including phenoxy) is 1. The van der Waals surface area contributed by atoms with Crippen molar-refractivity contribution < 1.29 is 4.74 Å². The number of anilines is 1. The van der Waals surface area contributed by atoms with Crippen LogP contribution in [0.5, 0.6) is 0 Å². The molecule has 1 saturated carbocycles. The van der Waals surface area contributed by atoms with E-state index in [2.05, 4.69) is 34.6 Å². The number of hydrogen-bond acceptors (Lipinski definition) is 3. The van der Waals surface area contributed by atoms with Gasteiger partial charge in [-0.2, -0.15) is 0 Å². The first kappa shape index (κ1) is 13.1. The largest absolute Gasteiger partial charge is 0.385 e. The van der Waals surface area contributed by atoms with Gasteiger partial charge in [0, 0.05) is 31.1 Å². The molecule has 0 aliphatic heterocycles. The van der Waals surface area contributed by atoms with Crippen LogP contribution in [0, 0.1) is 5.92 Å². The molecule has 1 fully saturated rings. The number of pyridine rings is 1. The molecule has 0 bridgehead atoms. The third kappa shape index (κ3) is 2.99. The highest BCUT2D eigenvalue weighted by Gasteiger charge is 2.28. The van der Waals surface area contributed by atoms with Gasteiger partial charge in [0.05, 0.1) is 11.8 Å². The third-order valence-corrected chi connectivity index (χ3v) is 3.97. The van der Waals surface area contributed by atoms with E-state index in [-0.39, 0.29) is 0 Å². The maximum atomic E-state index is 5.30. The van der Waals surface area contributed by atoms with Gasteiger partial charge in [-0.25, -0.2) is 0 Å². The molecule has 0 atom stereocenters. The number of aromatic nitrogens is 1. The molecule has 0 unspecified atom stereocenters. The molecule has 3 rings (SSSR count). The molecule has 0 radical (unpaired) electrons. The van der Waals surface area contributed by atoms with Crippen molar-refractivity contribution in [2.45, 2.75) is 18.9 Å². The molecule has 0 amide bonds. The van der Waals surface area contributed by atoms with E-state index in [0.29, 0.717) is 6.10 Å². The van der Waals surface area contributed by atoms with Crippen LogP contribution in [0.3, 0.4) is 0 Å². The lowest BCUT2D eigenvalue weighted by atomic mass is 9.82. The van der Waals surface area contributed by atoms with Crippen LogP contribution in [0.25, 0.3) is 11.3 Å². The summed E-state index contributed by atoms with van der Waals surface area (Å²) in [5, 5.41) is 3.49. The van der Waals surface area contributed by atoms with Crippen molar-refractivity contribution in [1.82, 2.24) is 4.98 Å². The summed E-state index contributed by atoms with van der Waals surface area (Å²) < 4.78 is 5.30. The van der Waals surface area contributed by atoms with Gasteiger partial charge < -0.3 is 10.1 Å². The van der Waals surface area contributed by atoms with Crippen LogP contribution in [0.4, 0.5) is 5.69 Å². The minimum atomic E-state index is 0.480. The molecule has 0 saturated heterocycles. The molecule has 0 spiro atoms. The summed E-state index contributed by atoms with van der Waals surface area (Å²) in [6, 6.07) is 14.4. The minimum Gasteiger partial charge on any atom is -0.385 e. The van der Waals surface area contributed by atoms with E-state index in [9.17, 15) is 0 Å². The fraction of sp³-hybridized carbons (Fsp3) is 0.353. The predicted octanol–water partition coefficient (Wildman–Crippen LogP) is 3.59. The van der Waals surface area contributed by atoms with E-state index in [4.69, 9.17) is 4.74 Å². The van der Waals surface area contributed by atoms with E-state index in [1.165, 1.54) is 18.5 Å². The number of nitrogens with zero attached hydrogens (tertiary/aromatic N) is 1. The summed E-state index contributed by atoms with van der Waals surface area (Å²) in [6.45, 7) is 1.03. The second-order valence-corrected chi connectivity index (χ2v) is 5.37. The fourth-order valence-corrected chi connectivity index (χ4v) is 2.59. The summed E-state index contributed by atoms with van der Waals surface area (Å²) in [4.78, 5) is 4.36. The molecular formula is C17H20N2O. The van der Waals surface area contributed by atoms with Crippen molar-refractivity contribution in [3.05, 3.63) is 48.7 Å². The summed E-state index contributed by atoms with van der Waals surface area (Å²) in [6.07, 6.45) is 4.66. The predicted molar refractivity (Wildman–Crippen MR) is 81.7 cm³/mol. The SMILES string of the molecule is COC1CC(CNc2ccc(-c3ccccn3)cc2)C1. The van der Waals surface area contributed by atoms with Gasteiger partial charge in [-0.05, 0) is 43.0 Å². The molecule has 20 heavy (non-hydrogen) atoms. The van der Waals surface area contributed by atoms with Gasteiger partial charge in [0.2, 0.25) is 0 Å². The molecule has 1 aliphatic rings. The highest BCUT2D eigenvalue weighted by molar-refractivity contribution is 5.62. The van der Waals surface area contributed by atoms with E-state index in [1.807, 2.05) is 24.4 Å². The van der Waals surface area contributed by atoms with Crippen LogP contribution >= 0.6 is 0 Å². The fourth-order valence-electron chi connectivity index (χ4n) is 2.59. The van der Waals surface area contributed by atoms with Crippen molar-refractivity contribution in [3.63, 3.8) is 0 Å². The Bertz CT molecular complexity index is 533. The first-order valence-electron chi connectivity index (χ1n) is 7.13. The highest BCUT2D eigenvalue weighted by atomic mass is 16.5. The van der Waals surface area contributed by atoms with Gasteiger partial charge in [-0.1, -0.05) is 18.2 Å². The number of rotatable bonds is 5. The number of hydrogen-bond donors (Lipinski definition) is 1. The first-order chi connectivity index (χ1) is 9.85. The standard InChI is InChI=1S/C17H20N2O/c1-20-16-10-13(11-16)12-19-15-7-5-14(6-8-15)17-4-2-3-9-18-17/h2-9,13,16,19H,10-12H2,1H3. The summed E-state index contributed by atoms with van der Waals surface area (Å²) in [5.41, 5.74) is 3.34. The van der Waals surface area contributed by atoms with E-state index in [0.717, 1.165) is 23.7 Å². The lowest BCUT2D eigenvalue weighted by molar-refractivity contribution is 0.00563. The Morgan fingerprint density at radius 2 is 1.95 bits per heavy atom. The molecule has 2 aromatic rings. The zero-order chi connectivity index (χ0) is 13.8. The van der Waals surface area contributed by atoms with Gasteiger partial charge in [0.15, 0.2) is 0 Å². The Hall–Kier alpha value is -1.87. The van der Waals surface area contributed by atoms with Crippen molar-refractivity contribution in [2.24, 2.45) is 5.92 Å². The zero-order valence-corrected chi connectivity index (χ0v) is 11.8. The zero-order valence-electron chi connectivity index (χ0n) is 11.8. The van der Waals surface area contributed by atoms with Gasteiger partial charge in [-0.15, -0.1) is 0 Å². The van der Waals surface area contributed by atoms with E-state index >= 15 is 0 Å². The molecule has 1 aliphatic carbocycles. The van der Waals surface area contributed by atoms with Crippen molar-refractivity contribution in [3.8, 4) is 11.3 Å². The third-order valence-electron chi connectivity index (χ3n) is 3.97. The Morgan fingerprint density at radius 1 is 1.15 bits per heavy atom. The van der Waals surface area contributed by atoms with E-state index < -0.39 is 0 Å². The lowest BCUT2D eigenvalue weighted by Crippen LogP contribution is -2.34. The van der Waals surface area contributed by atoms with Crippen LogP contribution < -0.4 is 5.32 Å². The Kier molecular flexibility index (Phi) is 3.97. The van der Waals surface area contributed by atoms with Crippen LogP contribution in [0.15, 0.2) is 48.7 Å². The lowest BCUT2D eigenvalue weighted by Gasteiger charge is -2.34. The molecule has 3 nitrogen and oxygen atoms in total. The molecular weight excluding hydrogens is 248 g/mol. The van der Waals surface area contributed by atoms with Crippen molar-refractivity contribution in [2.75, 3.05) is 19.0 Å². The first-order valence-corrected chi connectivity index (χ1v) is 7.13. The van der Waals surface area contributed by atoms with Crippen molar-refractivity contribution in [1.29, 1.82) is 0 Å². The number of nitrogens with one attached hydrogen (secondary N) is 1. The maximum Gasteiger partial charge on any atom is 0.0701 e. The molecule has 1 aromatic carbocycles.